The minimum Gasteiger partial charge on any atom is -0.481 e. The van der Waals surface area contributed by atoms with Gasteiger partial charge in [-0.3, -0.25) is 4.79 Å². The average molecular weight is 315 g/mol. The van der Waals surface area contributed by atoms with Crippen LogP contribution in [0.1, 0.15) is 23.6 Å². The van der Waals surface area contributed by atoms with E-state index in [1.54, 1.807) is 6.07 Å². The minimum absolute atomic E-state index is 0.0192. The molecule has 0 bridgehead atoms. The van der Waals surface area contributed by atoms with Crippen LogP contribution in [0.5, 0.6) is 0 Å². The highest BCUT2D eigenvalue weighted by atomic mass is 127. The molecule has 1 aromatic carbocycles. The van der Waals surface area contributed by atoms with Crippen LogP contribution in [0, 0.1) is 14.9 Å². The van der Waals surface area contributed by atoms with Gasteiger partial charge >= 0.3 is 5.97 Å². The van der Waals surface area contributed by atoms with E-state index in [1.165, 1.54) is 0 Å². The molecule has 4 heteroatoms. The van der Waals surface area contributed by atoms with Gasteiger partial charge in [-0.1, -0.05) is 6.92 Å². The SMILES string of the molecule is CCc1c(C#N)cc(I)cc1CC(=O)O. The molecule has 0 aliphatic rings. The Morgan fingerprint density at radius 2 is 2.27 bits per heavy atom. The molecule has 0 spiro atoms. The third-order valence-electron chi connectivity index (χ3n) is 2.12. The van der Waals surface area contributed by atoms with E-state index in [-0.39, 0.29) is 6.42 Å². The third kappa shape index (κ3) is 2.93. The van der Waals surface area contributed by atoms with Crippen molar-refractivity contribution in [3.63, 3.8) is 0 Å². The monoisotopic (exact) mass is 315 g/mol. The number of carboxylic acids is 1. The van der Waals surface area contributed by atoms with Crippen LogP contribution < -0.4 is 0 Å². The highest BCUT2D eigenvalue weighted by Gasteiger charge is 2.11. The molecule has 1 rings (SSSR count). The zero-order valence-corrected chi connectivity index (χ0v) is 10.4. The van der Waals surface area contributed by atoms with Crippen LogP contribution in [0.25, 0.3) is 0 Å². The zero-order chi connectivity index (χ0) is 11.4. The Kier molecular flexibility index (Phi) is 4.09. The molecule has 0 fully saturated rings. The number of aliphatic carboxylic acids is 1. The maximum absolute atomic E-state index is 10.7. The van der Waals surface area contributed by atoms with Crippen LogP contribution in [0.15, 0.2) is 12.1 Å². The van der Waals surface area contributed by atoms with Crippen LogP contribution in [0.3, 0.4) is 0 Å². The fourth-order valence-corrected chi connectivity index (χ4v) is 2.22. The Morgan fingerprint density at radius 1 is 1.60 bits per heavy atom. The van der Waals surface area contributed by atoms with Gasteiger partial charge in [0.2, 0.25) is 0 Å². The quantitative estimate of drug-likeness (QED) is 0.871. The number of benzene rings is 1. The van der Waals surface area contributed by atoms with E-state index in [0.29, 0.717) is 12.0 Å². The van der Waals surface area contributed by atoms with E-state index in [1.807, 2.05) is 13.0 Å². The highest BCUT2D eigenvalue weighted by Crippen LogP contribution is 2.20. The van der Waals surface area contributed by atoms with E-state index in [0.717, 1.165) is 14.7 Å². The Hall–Kier alpha value is -1.09. The molecule has 0 aliphatic carbocycles. The molecular weight excluding hydrogens is 305 g/mol. The second kappa shape index (κ2) is 5.12. The van der Waals surface area contributed by atoms with Crippen molar-refractivity contribution in [3.8, 4) is 6.07 Å². The zero-order valence-electron chi connectivity index (χ0n) is 8.25. The molecule has 0 heterocycles. The number of nitrogens with zero attached hydrogens (tertiary/aromatic N) is 1. The number of carbonyl (C=O) groups is 1. The lowest BCUT2D eigenvalue weighted by atomic mass is 9.97. The maximum atomic E-state index is 10.7. The fraction of sp³-hybridized carbons (Fsp3) is 0.273. The molecule has 0 aromatic heterocycles. The van der Waals surface area contributed by atoms with Crippen LogP contribution in [-0.4, -0.2) is 11.1 Å². The summed E-state index contributed by atoms with van der Waals surface area (Å²) in [6.45, 7) is 1.92. The summed E-state index contributed by atoms with van der Waals surface area (Å²) in [5.41, 5.74) is 2.18. The molecule has 78 valence electrons. The Bertz CT molecular complexity index is 435. The van der Waals surface area contributed by atoms with E-state index >= 15 is 0 Å². The predicted octanol–water partition coefficient (Wildman–Crippen LogP) is 2.35. The molecule has 0 aliphatic heterocycles. The van der Waals surface area contributed by atoms with Gasteiger partial charge in [-0.2, -0.15) is 5.26 Å². The molecule has 15 heavy (non-hydrogen) atoms. The summed E-state index contributed by atoms with van der Waals surface area (Å²) in [4.78, 5) is 10.7. The van der Waals surface area contributed by atoms with Crippen molar-refractivity contribution < 1.29 is 9.90 Å². The average Bonchev–Trinajstić information content (AvgIpc) is 2.15. The third-order valence-corrected chi connectivity index (χ3v) is 2.75. The van der Waals surface area contributed by atoms with Gasteiger partial charge in [0, 0.05) is 3.57 Å². The van der Waals surface area contributed by atoms with Crippen molar-refractivity contribution in [1.29, 1.82) is 5.26 Å². The Labute approximate surface area is 102 Å². The molecule has 0 saturated carbocycles. The van der Waals surface area contributed by atoms with Crippen molar-refractivity contribution >= 4 is 28.6 Å². The van der Waals surface area contributed by atoms with Crippen LogP contribution in [0.4, 0.5) is 0 Å². The van der Waals surface area contributed by atoms with Crippen molar-refractivity contribution in [1.82, 2.24) is 0 Å². The maximum Gasteiger partial charge on any atom is 0.307 e. The second-order valence-corrected chi connectivity index (χ2v) is 4.37. The van der Waals surface area contributed by atoms with Gasteiger partial charge in [0.05, 0.1) is 18.1 Å². The number of rotatable bonds is 3. The molecule has 3 nitrogen and oxygen atoms in total. The predicted molar refractivity (Wildman–Crippen MR) is 64.6 cm³/mol. The number of halogens is 1. The fourth-order valence-electron chi connectivity index (χ4n) is 1.53. The molecule has 1 N–H and O–H groups in total. The molecule has 1 aromatic rings. The first kappa shape index (κ1) is 12.0. The lowest BCUT2D eigenvalue weighted by Crippen LogP contribution is -2.05. The topological polar surface area (TPSA) is 61.1 Å². The first-order chi connectivity index (χ1) is 7.08. The summed E-state index contributed by atoms with van der Waals surface area (Å²) in [5, 5.41) is 17.7. The molecule has 0 amide bonds. The van der Waals surface area contributed by atoms with Crippen LogP contribution in [0.2, 0.25) is 0 Å². The van der Waals surface area contributed by atoms with Crippen molar-refractivity contribution in [3.05, 3.63) is 32.4 Å². The summed E-state index contributed by atoms with van der Waals surface area (Å²) in [6, 6.07) is 5.71. The van der Waals surface area contributed by atoms with Gasteiger partial charge in [-0.25, -0.2) is 0 Å². The molecular formula is C11H10INO2. The normalized spacial score (nSPS) is 9.67. The van der Waals surface area contributed by atoms with E-state index in [2.05, 4.69) is 28.7 Å². The van der Waals surface area contributed by atoms with E-state index in [9.17, 15) is 4.79 Å². The second-order valence-electron chi connectivity index (χ2n) is 3.13. The van der Waals surface area contributed by atoms with Gasteiger partial charge < -0.3 is 5.11 Å². The molecule has 0 radical (unpaired) electrons. The summed E-state index contributed by atoms with van der Waals surface area (Å²) >= 11 is 2.09. The van der Waals surface area contributed by atoms with Crippen LogP contribution >= 0.6 is 22.6 Å². The van der Waals surface area contributed by atoms with Crippen LogP contribution in [-0.2, 0) is 17.6 Å². The summed E-state index contributed by atoms with van der Waals surface area (Å²) in [7, 11) is 0. The summed E-state index contributed by atoms with van der Waals surface area (Å²) in [6.07, 6.45) is 0.664. The standard InChI is InChI=1S/C11H10INO2/c1-2-10-7(5-11(14)15)3-9(12)4-8(10)6-13/h3-4H,2,5H2,1H3,(H,14,15). The first-order valence-electron chi connectivity index (χ1n) is 4.51. The number of hydrogen-bond donors (Lipinski definition) is 1. The van der Waals surface area contributed by atoms with Gasteiger partial charge in [0.15, 0.2) is 0 Å². The van der Waals surface area contributed by atoms with E-state index < -0.39 is 5.97 Å². The first-order valence-corrected chi connectivity index (χ1v) is 5.59. The largest absolute Gasteiger partial charge is 0.481 e. The molecule has 0 unspecified atom stereocenters. The number of hydrogen-bond acceptors (Lipinski definition) is 2. The number of nitriles is 1. The molecule has 0 atom stereocenters. The molecule has 0 saturated heterocycles. The smallest absolute Gasteiger partial charge is 0.307 e. The Balaban J connectivity index is 3.30. The van der Waals surface area contributed by atoms with Crippen molar-refractivity contribution in [2.45, 2.75) is 19.8 Å². The lowest BCUT2D eigenvalue weighted by Gasteiger charge is -2.08. The highest BCUT2D eigenvalue weighted by molar-refractivity contribution is 14.1. The van der Waals surface area contributed by atoms with E-state index in [4.69, 9.17) is 10.4 Å². The van der Waals surface area contributed by atoms with Gasteiger partial charge in [0.1, 0.15) is 0 Å². The minimum atomic E-state index is -0.865. The van der Waals surface area contributed by atoms with Gasteiger partial charge in [0.25, 0.3) is 0 Å². The van der Waals surface area contributed by atoms with Gasteiger partial charge in [-0.05, 0) is 52.3 Å². The van der Waals surface area contributed by atoms with Gasteiger partial charge in [-0.15, -0.1) is 0 Å². The lowest BCUT2D eigenvalue weighted by molar-refractivity contribution is -0.136. The Morgan fingerprint density at radius 3 is 2.73 bits per heavy atom. The summed E-state index contributed by atoms with van der Waals surface area (Å²) in [5.74, 6) is -0.865. The number of carboxylic acid groups (broad SMARTS) is 1. The van der Waals surface area contributed by atoms with Crippen molar-refractivity contribution in [2.24, 2.45) is 0 Å². The summed E-state index contributed by atoms with van der Waals surface area (Å²) < 4.78 is 0.901. The van der Waals surface area contributed by atoms with Crippen molar-refractivity contribution in [2.75, 3.05) is 0 Å².